The van der Waals surface area contributed by atoms with Crippen LogP contribution in [-0.4, -0.2) is 47.4 Å². The summed E-state index contributed by atoms with van der Waals surface area (Å²) in [6.45, 7) is 2.59. The number of rotatable bonds is 7. The largest absolute Gasteiger partial charge is 0.508 e. The van der Waals surface area contributed by atoms with Crippen molar-refractivity contribution in [1.29, 1.82) is 0 Å². The molecule has 0 atom stereocenters. The van der Waals surface area contributed by atoms with Crippen molar-refractivity contribution in [3.63, 3.8) is 0 Å². The molecule has 0 unspecified atom stereocenters. The van der Waals surface area contributed by atoms with Gasteiger partial charge >= 0.3 is 5.97 Å². The second kappa shape index (κ2) is 8.22. The van der Waals surface area contributed by atoms with Crippen LogP contribution in [0, 0.1) is 0 Å². The molecule has 0 aliphatic rings. The van der Waals surface area contributed by atoms with Gasteiger partial charge in [-0.3, -0.25) is 0 Å². The van der Waals surface area contributed by atoms with Gasteiger partial charge in [0.05, 0.1) is 21.5 Å². The average Bonchev–Trinajstić information content (AvgIpc) is 3.03. The van der Waals surface area contributed by atoms with Crippen molar-refractivity contribution < 1.29 is 23.1 Å². The molecule has 1 aromatic heterocycles. The van der Waals surface area contributed by atoms with Crippen molar-refractivity contribution in [2.45, 2.75) is 31.4 Å². The molecular formula is C20H23N3O5S. The van der Waals surface area contributed by atoms with Gasteiger partial charge in [0.15, 0.2) is 0 Å². The number of aromatic nitrogens is 2. The summed E-state index contributed by atoms with van der Waals surface area (Å²) in [5.74, 6) is -0.0751. The van der Waals surface area contributed by atoms with Crippen LogP contribution in [0.3, 0.4) is 0 Å². The van der Waals surface area contributed by atoms with Gasteiger partial charge in [0.25, 0.3) is 0 Å². The maximum atomic E-state index is 12.4. The Bertz CT molecular complexity index is 1150. The molecule has 8 nitrogen and oxygen atoms in total. The number of carbonyl (C=O) groups is 1. The molecule has 154 valence electrons. The number of sulfonamides is 1. The fourth-order valence-corrected chi connectivity index (χ4v) is 3.88. The minimum Gasteiger partial charge on any atom is -0.508 e. The van der Waals surface area contributed by atoms with Crippen LogP contribution in [0.25, 0.3) is 11.0 Å². The third-order valence-corrected chi connectivity index (χ3v) is 6.25. The van der Waals surface area contributed by atoms with Crippen molar-refractivity contribution in [1.82, 2.24) is 13.9 Å². The maximum absolute atomic E-state index is 12.4. The zero-order valence-electron chi connectivity index (χ0n) is 16.5. The summed E-state index contributed by atoms with van der Waals surface area (Å²) in [7, 11) is -0.628. The van der Waals surface area contributed by atoms with Gasteiger partial charge in [-0.2, -0.15) is 0 Å². The van der Waals surface area contributed by atoms with E-state index in [1.807, 2.05) is 11.5 Å². The first-order valence-electron chi connectivity index (χ1n) is 9.12. The van der Waals surface area contributed by atoms with E-state index in [4.69, 9.17) is 4.74 Å². The van der Waals surface area contributed by atoms with E-state index in [1.54, 1.807) is 24.3 Å². The summed E-state index contributed by atoms with van der Waals surface area (Å²) >= 11 is 0. The van der Waals surface area contributed by atoms with E-state index in [-0.39, 0.29) is 22.8 Å². The van der Waals surface area contributed by atoms with Gasteiger partial charge in [0, 0.05) is 20.6 Å². The third-order valence-electron chi connectivity index (χ3n) is 4.44. The number of imidazole rings is 1. The predicted molar refractivity (Wildman–Crippen MR) is 108 cm³/mol. The molecule has 0 bridgehead atoms. The number of nitrogens with zero attached hydrogens (tertiary/aromatic N) is 3. The van der Waals surface area contributed by atoms with Crippen molar-refractivity contribution in [2.75, 3.05) is 14.1 Å². The third kappa shape index (κ3) is 4.25. The topological polar surface area (TPSA) is 102 Å². The lowest BCUT2D eigenvalue weighted by Crippen LogP contribution is -2.22. The number of carbonyl (C=O) groups excluding carboxylic acids is 1. The highest BCUT2D eigenvalue weighted by Gasteiger charge is 2.20. The lowest BCUT2D eigenvalue weighted by molar-refractivity contribution is 0.0458. The number of hydrogen-bond acceptors (Lipinski definition) is 6. The normalized spacial score (nSPS) is 11.9. The minimum absolute atomic E-state index is 0.0210. The molecule has 1 N–H and O–H groups in total. The Hall–Kier alpha value is -2.91. The monoisotopic (exact) mass is 417 g/mol. The highest BCUT2D eigenvalue weighted by molar-refractivity contribution is 7.89. The van der Waals surface area contributed by atoms with Crippen LogP contribution < -0.4 is 0 Å². The van der Waals surface area contributed by atoms with E-state index >= 15 is 0 Å². The van der Waals surface area contributed by atoms with Crippen molar-refractivity contribution in [3.05, 3.63) is 53.9 Å². The molecule has 1 heterocycles. The molecule has 0 amide bonds. The Balaban J connectivity index is 1.92. The van der Waals surface area contributed by atoms with Crippen LogP contribution in [0.5, 0.6) is 5.75 Å². The Morgan fingerprint density at radius 2 is 1.97 bits per heavy atom. The van der Waals surface area contributed by atoms with E-state index in [2.05, 4.69) is 4.98 Å². The van der Waals surface area contributed by atoms with Gasteiger partial charge in [0.2, 0.25) is 10.0 Å². The molecule has 0 saturated heterocycles. The van der Waals surface area contributed by atoms with Gasteiger partial charge in [-0.25, -0.2) is 22.5 Å². The molecule has 0 aliphatic heterocycles. The summed E-state index contributed by atoms with van der Waals surface area (Å²) in [4.78, 5) is 16.9. The smallest absolute Gasteiger partial charge is 0.338 e. The van der Waals surface area contributed by atoms with Gasteiger partial charge in [-0.1, -0.05) is 13.0 Å². The molecule has 29 heavy (non-hydrogen) atoms. The van der Waals surface area contributed by atoms with Crippen LogP contribution in [-0.2, 0) is 27.9 Å². The number of benzene rings is 2. The number of aromatic hydroxyl groups is 1. The molecule has 0 spiro atoms. The van der Waals surface area contributed by atoms with Gasteiger partial charge in [0.1, 0.15) is 18.2 Å². The summed E-state index contributed by atoms with van der Waals surface area (Å²) < 4.78 is 33.2. The molecule has 2 aromatic carbocycles. The summed E-state index contributed by atoms with van der Waals surface area (Å²) in [6, 6.07) is 10.7. The van der Waals surface area contributed by atoms with Gasteiger partial charge in [-0.15, -0.1) is 0 Å². The lowest BCUT2D eigenvalue weighted by atomic mass is 10.2. The quantitative estimate of drug-likeness (QED) is 0.593. The SMILES string of the molecule is CCCn1c(COC(=O)c2cccc(O)c2)nc2cc(S(=O)(=O)N(C)C)ccc21. The number of aryl methyl sites for hydroxylation is 1. The Kier molecular flexibility index (Phi) is 5.90. The van der Waals surface area contributed by atoms with E-state index in [1.165, 1.54) is 32.3 Å². The molecule has 3 aromatic rings. The van der Waals surface area contributed by atoms with Crippen LogP contribution in [0.15, 0.2) is 47.4 Å². The molecule has 3 rings (SSSR count). The first-order chi connectivity index (χ1) is 13.7. The number of fused-ring (bicyclic) bond motifs is 1. The lowest BCUT2D eigenvalue weighted by Gasteiger charge is -2.11. The van der Waals surface area contributed by atoms with E-state index in [0.29, 0.717) is 17.9 Å². The first-order valence-corrected chi connectivity index (χ1v) is 10.6. The zero-order valence-corrected chi connectivity index (χ0v) is 17.3. The molecular weight excluding hydrogens is 394 g/mol. The molecule has 0 saturated carbocycles. The summed E-state index contributed by atoms with van der Waals surface area (Å²) in [6.07, 6.45) is 0.830. The van der Waals surface area contributed by atoms with Crippen LogP contribution in [0.1, 0.15) is 29.5 Å². The van der Waals surface area contributed by atoms with Crippen LogP contribution in [0.4, 0.5) is 0 Å². The first kappa shape index (κ1) is 20.8. The minimum atomic E-state index is -3.58. The predicted octanol–water partition coefficient (Wildman–Crippen LogP) is 2.76. The Morgan fingerprint density at radius 3 is 2.62 bits per heavy atom. The Morgan fingerprint density at radius 1 is 1.21 bits per heavy atom. The van der Waals surface area contributed by atoms with Crippen LogP contribution >= 0.6 is 0 Å². The molecule has 0 radical (unpaired) electrons. The van der Waals surface area contributed by atoms with Crippen molar-refractivity contribution in [3.8, 4) is 5.75 Å². The van der Waals surface area contributed by atoms with E-state index in [0.717, 1.165) is 16.2 Å². The summed E-state index contributed by atoms with van der Waals surface area (Å²) in [5, 5.41) is 9.51. The van der Waals surface area contributed by atoms with E-state index in [9.17, 15) is 18.3 Å². The number of ether oxygens (including phenoxy) is 1. The highest BCUT2D eigenvalue weighted by atomic mass is 32.2. The Labute approximate surface area is 169 Å². The van der Waals surface area contributed by atoms with Crippen LogP contribution in [0.2, 0.25) is 0 Å². The molecule has 0 aliphatic carbocycles. The fraction of sp³-hybridized carbons (Fsp3) is 0.300. The second-order valence-electron chi connectivity index (χ2n) is 6.74. The van der Waals surface area contributed by atoms with Gasteiger partial charge in [-0.05, 0) is 42.8 Å². The molecule has 9 heteroatoms. The molecule has 0 fully saturated rings. The number of hydrogen-bond donors (Lipinski definition) is 1. The number of esters is 1. The fourth-order valence-electron chi connectivity index (χ4n) is 2.96. The highest BCUT2D eigenvalue weighted by Crippen LogP contribution is 2.23. The van der Waals surface area contributed by atoms with Crippen molar-refractivity contribution >= 4 is 27.0 Å². The second-order valence-corrected chi connectivity index (χ2v) is 8.90. The van der Waals surface area contributed by atoms with E-state index < -0.39 is 16.0 Å². The summed E-state index contributed by atoms with van der Waals surface area (Å²) in [5.41, 5.74) is 1.53. The maximum Gasteiger partial charge on any atom is 0.338 e. The number of phenols is 1. The average molecular weight is 417 g/mol. The van der Waals surface area contributed by atoms with Crippen molar-refractivity contribution in [2.24, 2.45) is 0 Å². The standard InChI is InChI=1S/C20H23N3O5S/c1-4-10-23-18-9-8-16(29(26,27)22(2)3)12-17(18)21-19(23)13-28-20(25)14-6-5-7-15(24)11-14/h5-9,11-12,24H,4,10,13H2,1-3H3. The number of phenolic OH excluding ortho intramolecular Hbond substituents is 1. The van der Waals surface area contributed by atoms with Gasteiger partial charge < -0.3 is 14.4 Å². The zero-order chi connectivity index (χ0) is 21.2.